The summed E-state index contributed by atoms with van der Waals surface area (Å²) >= 11 is 0. The number of anilines is 2. The lowest BCUT2D eigenvalue weighted by molar-refractivity contribution is 0.0685. The number of carboxylic acid groups (broad SMARTS) is 2. The van der Waals surface area contributed by atoms with Crippen LogP contribution in [0.5, 0.6) is 0 Å². The third-order valence-electron chi connectivity index (χ3n) is 4.17. The van der Waals surface area contributed by atoms with Crippen LogP contribution in [0, 0.1) is 11.6 Å². The van der Waals surface area contributed by atoms with Gasteiger partial charge in [0.15, 0.2) is 11.6 Å². The molecule has 0 radical (unpaired) electrons. The first kappa shape index (κ1) is 15.8. The molecule has 0 saturated heterocycles. The molecule has 0 aliphatic carbocycles. The van der Waals surface area contributed by atoms with Gasteiger partial charge in [-0.1, -0.05) is 0 Å². The van der Waals surface area contributed by atoms with Crippen LogP contribution in [0.15, 0.2) is 35.3 Å². The lowest BCUT2D eigenvalue weighted by Crippen LogP contribution is -2.22. The van der Waals surface area contributed by atoms with Gasteiger partial charge in [0.05, 0.1) is 27.8 Å². The molecule has 0 unspecified atom stereocenters. The fraction of sp³-hybridized carbons (Fsp3) is 0. The number of fused-ring (bicyclic) bond motifs is 2. The molecule has 0 saturated carbocycles. The summed E-state index contributed by atoms with van der Waals surface area (Å²) in [5.41, 5.74) is -1.66. The Hall–Kier alpha value is -3.75. The summed E-state index contributed by atoms with van der Waals surface area (Å²) in [5, 5.41) is 20.6. The highest BCUT2D eigenvalue weighted by Gasteiger charge is 2.27. The minimum absolute atomic E-state index is 0.0329. The van der Waals surface area contributed by atoms with Crippen molar-refractivity contribution in [2.24, 2.45) is 0 Å². The van der Waals surface area contributed by atoms with E-state index in [1.165, 1.54) is 22.8 Å². The topological polar surface area (TPSA) is 109 Å². The van der Waals surface area contributed by atoms with Crippen molar-refractivity contribution < 1.29 is 28.6 Å². The Kier molecular flexibility index (Phi) is 3.10. The minimum Gasteiger partial charge on any atom is -0.478 e. The summed E-state index contributed by atoms with van der Waals surface area (Å²) in [6.45, 7) is 0. The zero-order valence-electron chi connectivity index (χ0n) is 12.7. The molecule has 0 bridgehead atoms. The molecule has 9 heteroatoms. The van der Waals surface area contributed by atoms with Crippen molar-refractivity contribution in [2.45, 2.75) is 0 Å². The number of aromatic nitrogens is 1. The van der Waals surface area contributed by atoms with Gasteiger partial charge in [0.25, 0.3) is 0 Å². The van der Waals surface area contributed by atoms with Crippen molar-refractivity contribution in [3.8, 4) is 5.69 Å². The van der Waals surface area contributed by atoms with Gasteiger partial charge in [0.1, 0.15) is 11.3 Å². The number of halogens is 2. The summed E-state index contributed by atoms with van der Waals surface area (Å²) in [5.74, 6) is -5.34. The number of aromatic carboxylic acids is 2. The van der Waals surface area contributed by atoms with E-state index in [1.54, 1.807) is 0 Å². The summed E-state index contributed by atoms with van der Waals surface area (Å²) in [6, 6.07) is 4.51. The van der Waals surface area contributed by atoms with E-state index in [-0.39, 0.29) is 27.8 Å². The molecule has 4 rings (SSSR count). The molecule has 1 aromatic heterocycles. The summed E-state index contributed by atoms with van der Waals surface area (Å²) in [6.07, 6.45) is 1.01. The maximum absolute atomic E-state index is 14.3. The SMILES string of the molecule is O=C(O)c1ccc2c(c1)Nc1c(F)c(F)cc3c(=O)c(C(=O)O)cn-2c13. The van der Waals surface area contributed by atoms with Crippen LogP contribution in [0.3, 0.4) is 0 Å². The highest BCUT2D eigenvalue weighted by Crippen LogP contribution is 2.39. The van der Waals surface area contributed by atoms with E-state index in [1.807, 2.05) is 0 Å². The van der Waals surface area contributed by atoms with Gasteiger partial charge in [0, 0.05) is 6.20 Å². The summed E-state index contributed by atoms with van der Waals surface area (Å²) in [7, 11) is 0. The predicted molar refractivity (Wildman–Crippen MR) is 86.7 cm³/mol. The van der Waals surface area contributed by atoms with Gasteiger partial charge in [-0.3, -0.25) is 4.79 Å². The Morgan fingerprint density at radius 3 is 2.46 bits per heavy atom. The van der Waals surface area contributed by atoms with Gasteiger partial charge in [-0.2, -0.15) is 0 Å². The molecule has 7 nitrogen and oxygen atoms in total. The second kappa shape index (κ2) is 5.12. The molecule has 3 aromatic rings. The summed E-state index contributed by atoms with van der Waals surface area (Å²) in [4.78, 5) is 34.9. The Morgan fingerprint density at radius 2 is 1.81 bits per heavy atom. The first-order valence-electron chi connectivity index (χ1n) is 7.25. The van der Waals surface area contributed by atoms with E-state index >= 15 is 0 Å². The van der Waals surface area contributed by atoms with Crippen LogP contribution in [0.1, 0.15) is 20.7 Å². The van der Waals surface area contributed by atoms with Crippen molar-refractivity contribution in [1.29, 1.82) is 0 Å². The molecule has 0 spiro atoms. The smallest absolute Gasteiger partial charge is 0.341 e. The average molecular weight is 358 g/mol. The lowest BCUT2D eigenvalue weighted by Gasteiger charge is -2.25. The van der Waals surface area contributed by atoms with Crippen LogP contribution < -0.4 is 10.7 Å². The number of nitrogens with zero attached hydrogens (tertiary/aromatic N) is 1. The number of nitrogens with one attached hydrogen (secondary N) is 1. The Balaban J connectivity index is 2.19. The molecule has 26 heavy (non-hydrogen) atoms. The first-order valence-corrected chi connectivity index (χ1v) is 7.25. The highest BCUT2D eigenvalue weighted by molar-refractivity contribution is 6.02. The van der Waals surface area contributed by atoms with Gasteiger partial charge in [-0.05, 0) is 24.3 Å². The van der Waals surface area contributed by atoms with Crippen LogP contribution in [-0.4, -0.2) is 26.7 Å². The van der Waals surface area contributed by atoms with E-state index in [9.17, 15) is 28.3 Å². The largest absolute Gasteiger partial charge is 0.478 e. The predicted octanol–water partition coefficient (Wildman–Crippen LogP) is 2.72. The molecule has 0 fully saturated rings. The normalized spacial score (nSPS) is 11.8. The number of benzene rings is 2. The second-order valence-electron chi connectivity index (χ2n) is 5.65. The monoisotopic (exact) mass is 358 g/mol. The zero-order chi connectivity index (χ0) is 18.7. The van der Waals surface area contributed by atoms with Crippen molar-refractivity contribution >= 4 is 34.2 Å². The van der Waals surface area contributed by atoms with E-state index < -0.39 is 34.6 Å². The number of pyridine rings is 1. The third-order valence-corrected chi connectivity index (χ3v) is 4.17. The maximum Gasteiger partial charge on any atom is 0.341 e. The molecule has 1 aliphatic rings. The number of carboxylic acids is 2. The number of rotatable bonds is 2. The van der Waals surface area contributed by atoms with Gasteiger partial charge in [-0.25, -0.2) is 18.4 Å². The standard InChI is InChI=1S/C17H8F2N2O5/c18-9-4-7-14-13(12(9)19)20-10-3-6(16(23)24)1-2-11(10)21(14)5-8(15(7)22)17(25)26/h1-5,20H,(H,23,24)(H,25,26). The minimum atomic E-state index is -1.52. The zero-order valence-corrected chi connectivity index (χ0v) is 12.7. The molecule has 0 atom stereocenters. The Morgan fingerprint density at radius 1 is 1.08 bits per heavy atom. The van der Waals surface area contributed by atoms with E-state index in [2.05, 4.69) is 5.32 Å². The molecule has 3 N–H and O–H groups in total. The molecule has 130 valence electrons. The Labute approximate surface area is 142 Å². The fourth-order valence-corrected chi connectivity index (χ4v) is 3.01. The number of carbonyl (C=O) groups is 2. The number of hydrogen-bond donors (Lipinski definition) is 3. The van der Waals surface area contributed by atoms with Crippen molar-refractivity contribution in [3.63, 3.8) is 0 Å². The Bertz CT molecular complexity index is 1220. The quantitative estimate of drug-likeness (QED) is 0.508. The molecule has 0 amide bonds. The third kappa shape index (κ3) is 2.00. The molecule has 1 aliphatic heterocycles. The van der Waals surface area contributed by atoms with Crippen molar-refractivity contribution in [3.05, 3.63) is 63.4 Å². The second-order valence-corrected chi connectivity index (χ2v) is 5.65. The molecular weight excluding hydrogens is 350 g/mol. The van der Waals surface area contributed by atoms with E-state index in [0.717, 1.165) is 6.20 Å². The van der Waals surface area contributed by atoms with Crippen LogP contribution >= 0.6 is 0 Å². The van der Waals surface area contributed by atoms with Crippen molar-refractivity contribution in [2.75, 3.05) is 5.32 Å². The van der Waals surface area contributed by atoms with E-state index in [4.69, 9.17) is 5.11 Å². The highest BCUT2D eigenvalue weighted by atomic mass is 19.2. The van der Waals surface area contributed by atoms with Gasteiger partial charge in [-0.15, -0.1) is 0 Å². The molecule has 2 heterocycles. The first-order chi connectivity index (χ1) is 12.3. The average Bonchev–Trinajstić information content (AvgIpc) is 2.60. The van der Waals surface area contributed by atoms with Gasteiger partial charge in [0.2, 0.25) is 5.43 Å². The molecule has 2 aromatic carbocycles. The summed E-state index contributed by atoms with van der Waals surface area (Å²) < 4.78 is 29.5. The van der Waals surface area contributed by atoms with Gasteiger partial charge < -0.3 is 20.1 Å². The van der Waals surface area contributed by atoms with Gasteiger partial charge >= 0.3 is 11.9 Å². The lowest BCUT2D eigenvalue weighted by atomic mass is 10.0. The van der Waals surface area contributed by atoms with Crippen LogP contribution in [-0.2, 0) is 0 Å². The number of hydrogen-bond acceptors (Lipinski definition) is 4. The van der Waals surface area contributed by atoms with E-state index in [0.29, 0.717) is 11.8 Å². The van der Waals surface area contributed by atoms with Crippen LogP contribution in [0.4, 0.5) is 20.2 Å². The van der Waals surface area contributed by atoms with Crippen LogP contribution in [0.2, 0.25) is 0 Å². The molecular formula is C17H8F2N2O5. The van der Waals surface area contributed by atoms with Crippen molar-refractivity contribution in [1.82, 2.24) is 4.57 Å². The van der Waals surface area contributed by atoms with Crippen LogP contribution in [0.25, 0.3) is 16.6 Å². The maximum atomic E-state index is 14.3. The fourth-order valence-electron chi connectivity index (χ4n) is 3.01.